The van der Waals surface area contributed by atoms with E-state index >= 15 is 0 Å². The number of hydrogen-bond acceptors (Lipinski definition) is 4. The van der Waals surface area contributed by atoms with Gasteiger partial charge < -0.3 is 18.9 Å². The molecule has 4 heteroatoms. The second-order valence-electron chi connectivity index (χ2n) is 6.28. The molecule has 2 heterocycles. The maximum absolute atomic E-state index is 5.66. The molecule has 1 aliphatic carbocycles. The van der Waals surface area contributed by atoms with Gasteiger partial charge in [0.15, 0.2) is 0 Å². The van der Waals surface area contributed by atoms with E-state index in [9.17, 15) is 0 Å². The zero-order valence-electron chi connectivity index (χ0n) is 11.8. The summed E-state index contributed by atoms with van der Waals surface area (Å²) in [6.07, 6.45) is 0. The van der Waals surface area contributed by atoms with Gasteiger partial charge in [0.05, 0.1) is 26.4 Å². The Labute approximate surface area is 119 Å². The first kappa shape index (κ1) is 12.8. The molecule has 0 unspecified atom stereocenters. The minimum atomic E-state index is -0.0416. The van der Waals surface area contributed by atoms with Crippen LogP contribution in [0.1, 0.15) is 12.5 Å². The van der Waals surface area contributed by atoms with Crippen LogP contribution in [-0.2, 0) is 24.4 Å². The first-order valence-electron chi connectivity index (χ1n) is 7.13. The van der Waals surface area contributed by atoms with Gasteiger partial charge in [0.2, 0.25) is 0 Å². The van der Waals surface area contributed by atoms with Crippen molar-refractivity contribution >= 4 is 0 Å². The second-order valence-corrected chi connectivity index (χ2v) is 6.28. The van der Waals surface area contributed by atoms with Gasteiger partial charge in [0.1, 0.15) is 13.6 Å². The Bertz CT molecular complexity index is 462. The quantitative estimate of drug-likeness (QED) is 0.785. The molecule has 0 bridgehead atoms. The molecule has 0 amide bonds. The summed E-state index contributed by atoms with van der Waals surface area (Å²) in [5, 5.41) is 0. The molecule has 108 valence electrons. The van der Waals surface area contributed by atoms with E-state index in [1.165, 1.54) is 5.56 Å². The van der Waals surface area contributed by atoms with Crippen molar-refractivity contribution in [2.75, 3.05) is 40.0 Å². The van der Waals surface area contributed by atoms with Crippen molar-refractivity contribution < 1.29 is 18.9 Å². The van der Waals surface area contributed by atoms with Gasteiger partial charge in [-0.25, -0.2) is 0 Å². The van der Waals surface area contributed by atoms with Crippen molar-refractivity contribution in [1.29, 1.82) is 0 Å². The SMILES string of the molecule is CC1(c2ccccc2)C2(COCOC2)C12COCOC2. The van der Waals surface area contributed by atoms with Crippen molar-refractivity contribution in [1.82, 2.24) is 0 Å². The number of ether oxygens (including phenoxy) is 4. The third kappa shape index (κ3) is 1.31. The zero-order chi connectivity index (χ0) is 13.7. The largest absolute Gasteiger partial charge is 0.355 e. The van der Waals surface area contributed by atoms with Crippen LogP contribution in [0.3, 0.4) is 0 Å². The van der Waals surface area contributed by atoms with Crippen molar-refractivity contribution in [3.8, 4) is 0 Å². The van der Waals surface area contributed by atoms with Crippen molar-refractivity contribution in [2.45, 2.75) is 12.3 Å². The number of rotatable bonds is 1. The zero-order valence-corrected chi connectivity index (χ0v) is 11.8. The molecule has 0 aromatic heterocycles. The molecular weight excluding hydrogens is 256 g/mol. The summed E-state index contributed by atoms with van der Waals surface area (Å²) in [5.74, 6) is 0. The molecule has 0 atom stereocenters. The summed E-state index contributed by atoms with van der Waals surface area (Å²) in [6, 6.07) is 10.6. The van der Waals surface area contributed by atoms with E-state index in [1.807, 2.05) is 0 Å². The van der Waals surface area contributed by atoms with Crippen LogP contribution < -0.4 is 0 Å². The van der Waals surface area contributed by atoms with E-state index in [0.29, 0.717) is 40.0 Å². The van der Waals surface area contributed by atoms with Crippen LogP contribution in [0.25, 0.3) is 0 Å². The van der Waals surface area contributed by atoms with Gasteiger partial charge in [0, 0.05) is 16.2 Å². The van der Waals surface area contributed by atoms with Crippen molar-refractivity contribution in [3.05, 3.63) is 35.9 Å². The number of fused-ring (bicyclic) bond motifs is 1. The highest BCUT2D eigenvalue weighted by molar-refractivity contribution is 5.47. The molecule has 2 aliphatic heterocycles. The first-order chi connectivity index (χ1) is 9.77. The number of hydrogen-bond donors (Lipinski definition) is 0. The lowest BCUT2D eigenvalue weighted by Crippen LogP contribution is -2.38. The predicted molar refractivity (Wildman–Crippen MR) is 72.2 cm³/mol. The first-order valence-corrected chi connectivity index (χ1v) is 7.13. The van der Waals surface area contributed by atoms with E-state index in [4.69, 9.17) is 18.9 Å². The minimum absolute atomic E-state index is 0.0257. The summed E-state index contributed by atoms with van der Waals surface area (Å²) in [6.45, 7) is 5.94. The Morgan fingerprint density at radius 3 is 1.65 bits per heavy atom. The molecule has 4 rings (SSSR count). The van der Waals surface area contributed by atoms with E-state index in [0.717, 1.165) is 0 Å². The topological polar surface area (TPSA) is 36.9 Å². The van der Waals surface area contributed by atoms with Crippen LogP contribution in [0.4, 0.5) is 0 Å². The van der Waals surface area contributed by atoms with Crippen LogP contribution in [0.15, 0.2) is 30.3 Å². The minimum Gasteiger partial charge on any atom is -0.355 e. The fraction of sp³-hybridized carbons (Fsp3) is 0.625. The average Bonchev–Trinajstić information content (AvgIpc) is 2.94. The monoisotopic (exact) mass is 276 g/mol. The lowest BCUT2D eigenvalue weighted by Gasteiger charge is -2.31. The summed E-state index contributed by atoms with van der Waals surface area (Å²) >= 11 is 0. The highest BCUT2D eigenvalue weighted by Crippen LogP contribution is 2.79. The van der Waals surface area contributed by atoms with Crippen LogP contribution in [-0.4, -0.2) is 40.0 Å². The van der Waals surface area contributed by atoms with Crippen molar-refractivity contribution in [3.63, 3.8) is 0 Å². The fourth-order valence-corrected chi connectivity index (χ4v) is 4.57. The smallest absolute Gasteiger partial charge is 0.146 e. The van der Waals surface area contributed by atoms with Gasteiger partial charge in [-0.3, -0.25) is 0 Å². The molecule has 1 saturated carbocycles. The van der Waals surface area contributed by atoms with Gasteiger partial charge in [-0.1, -0.05) is 37.3 Å². The van der Waals surface area contributed by atoms with Gasteiger partial charge >= 0.3 is 0 Å². The fourth-order valence-electron chi connectivity index (χ4n) is 4.57. The van der Waals surface area contributed by atoms with E-state index in [1.54, 1.807) is 0 Å². The molecule has 1 aromatic carbocycles. The summed E-state index contributed by atoms with van der Waals surface area (Å²) < 4.78 is 22.6. The van der Waals surface area contributed by atoms with Gasteiger partial charge in [0.25, 0.3) is 0 Å². The standard InChI is InChI=1S/C16H20O4/c1-14(13-5-3-2-4-6-13)15(7-17-11-18-8-15)16(14)9-19-12-20-10-16/h2-6H,7-12H2,1H3. The maximum atomic E-state index is 5.66. The lowest BCUT2D eigenvalue weighted by molar-refractivity contribution is -0.183. The molecule has 2 spiro atoms. The molecule has 20 heavy (non-hydrogen) atoms. The molecule has 0 radical (unpaired) electrons. The lowest BCUT2D eigenvalue weighted by atomic mass is 9.87. The van der Waals surface area contributed by atoms with E-state index < -0.39 is 0 Å². The Hall–Kier alpha value is -0.940. The molecule has 0 N–H and O–H groups in total. The molecule has 1 aromatic rings. The number of benzene rings is 1. The molecule has 3 fully saturated rings. The molecule has 3 aliphatic rings. The summed E-state index contributed by atoms with van der Waals surface area (Å²) in [7, 11) is 0. The summed E-state index contributed by atoms with van der Waals surface area (Å²) in [4.78, 5) is 0. The van der Waals surface area contributed by atoms with Crippen LogP contribution in [0.2, 0.25) is 0 Å². The third-order valence-electron chi connectivity index (χ3n) is 5.85. The molecule has 2 saturated heterocycles. The normalized spacial score (nSPS) is 29.4. The Morgan fingerprint density at radius 2 is 1.20 bits per heavy atom. The van der Waals surface area contributed by atoms with Crippen LogP contribution in [0.5, 0.6) is 0 Å². The van der Waals surface area contributed by atoms with Gasteiger partial charge in [-0.2, -0.15) is 0 Å². The highest BCUT2D eigenvalue weighted by Gasteiger charge is 2.85. The van der Waals surface area contributed by atoms with Gasteiger partial charge in [-0.05, 0) is 5.56 Å². The van der Waals surface area contributed by atoms with Crippen LogP contribution in [0, 0.1) is 10.8 Å². The Kier molecular flexibility index (Phi) is 2.73. The Morgan fingerprint density at radius 1 is 0.750 bits per heavy atom. The van der Waals surface area contributed by atoms with E-state index in [-0.39, 0.29) is 16.2 Å². The molecular formula is C16H20O4. The molecule has 4 nitrogen and oxygen atoms in total. The summed E-state index contributed by atoms with van der Waals surface area (Å²) in [5.41, 5.74) is 1.21. The second kappa shape index (κ2) is 4.28. The maximum Gasteiger partial charge on any atom is 0.146 e. The Balaban J connectivity index is 1.80. The van der Waals surface area contributed by atoms with Crippen molar-refractivity contribution in [2.24, 2.45) is 10.8 Å². The van der Waals surface area contributed by atoms with Gasteiger partial charge in [-0.15, -0.1) is 0 Å². The average molecular weight is 276 g/mol. The third-order valence-corrected chi connectivity index (χ3v) is 5.85. The predicted octanol–water partition coefficient (Wildman–Crippen LogP) is 1.94. The van der Waals surface area contributed by atoms with E-state index in [2.05, 4.69) is 37.3 Å². The highest BCUT2D eigenvalue weighted by atomic mass is 16.7. The van der Waals surface area contributed by atoms with Crippen LogP contribution >= 0.6 is 0 Å².